The fourth-order valence-corrected chi connectivity index (χ4v) is 2.56. The summed E-state index contributed by atoms with van der Waals surface area (Å²) in [5, 5.41) is 7.20. The van der Waals surface area contributed by atoms with Gasteiger partial charge in [-0.15, -0.1) is 5.10 Å². The van der Waals surface area contributed by atoms with Gasteiger partial charge in [0.05, 0.1) is 11.1 Å². The fraction of sp³-hybridized carbons (Fsp3) is 0.235. The van der Waals surface area contributed by atoms with Gasteiger partial charge in [-0.25, -0.2) is 18.4 Å². The van der Waals surface area contributed by atoms with Crippen molar-refractivity contribution in [1.29, 1.82) is 0 Å². The number of benzene rings is 1. The van der Waals surface area contributed by atoms with Gasteiger partial charge in [-0.05, 0) is 37.6 Å². The third-order valence-corrected chi connectivity index (χ3v) is 3.63. The number of rotatable bonds is 4. The van der Waals surface area contributed by atoms with Crippen LogP contribution in [0.4, 0.5) is 14.5 Å². The van der Waals surface area contributed by atoms with Crippen LogP contribution in [0, 0.1) is 25.5 Å². The lowest BCUT2D eigenvalue weighted by atomic mass is 10.2. The predicted octanol–water partition coefficient (Wildman–Crippen LogP) is 2.88. The van der Waals surface area contributed by atoms with Gasteiger partial charge >= 0.3 is 0 Å². The number of hydrogen-bond acceptors (Lipinski definition) is 4. The molecular weight excluding hydrogens is 330 g/mol. The SMILES string of the molecule is Cc1cc(C)c2c(OCC(=O)Nc3cc(F)ccc3F)nn(C)c2n1. The number of nitrogens with zero attached hydrogens (tertiary/aromatic N) is 3. The molecule has 1 N–H and O–H groups in total. The number of halogens is 2. The first-order valence-electron chi connectivity index (χ1n) is 7.54. The molecular formula is C17H16F2N4O2. The van der Waals surface area contributed by atoms with Crippen LogP contribution in [0.25, 0.3) is 11.0 Å². The molecule has 0 bridgehead atoms. The van der Waals surface area contributed by atoms with Gasteiger partial charge in [0.2, 0.25) is 5.88 Å². The van der Waals surface area contributed by atoms with Gasteiger partial charge in [0.15, 0.2) is 12.3 Å². The molecule has 0 spiro atoms. The zero-order valence-corrected chi connectivity index (χ0v) is 13.9. The summed E-state index contributed by atoms with van der Waals surface area (Å²) in [6.45, 7) is 3.38. The maximum absolute atomic E-state index is 13.5. The summed E-state index contributed by atoms with van der Waals surface area (Å²) in [5.41, 5.74) is 2.16. The maximum Gasteiger partial charge on any atom is 0.262 e. The monoisotopic (exact) mass is 346 g/mol. The molecule has 0 aliphatic carbocycles. The number of carbonyl (C=O) groups is 1. The number of amides is 1. The van der Waals surface area contributed by atoms with Crippen molar-refractivity contribution in [2.45, 2.75) is 13.8 Å². The molecule has 0 radical (unpaired) electrons. The number of aryl methyl sites for hydroxylation is 3. The Kier molecular flexibility index (Phi) is 4.35. The number of pyridine rings is 1. The second-order valence-electron chi connectivity index (χ2n) is 5.67. The number of carbonyl (C=O) groups excluding carboxylic acids is 1. The topological polar surface area (TPSA) is 69.0 Å². The highest BCUT2D eigenvalue weighted by molar-refractivity contribution is 5.92. The normalized spacial score (nSPS) is 10.9. The average molecular weight is 346 g/mol. The highest BCUT2D eigenvalue weighted by Crippen LogP contribution is 2.27. The molecule has 2 heterocycles. The van der Waals surface area contributed by atoms with Crippen molar-refractivity contribution in [1.82, 2.24) is 14.8 Å². The Morgan fingerprint density at radius 2 is 2.04 bits per heavy atom. The molecule has 130 valence electrons. The molecule has 8 heteroatoms. The van der Waals surface area contributed by atoms with Crippen molar-refractivity contribution < 1.29 is 18.3 Å². The van der Waals surface area contributed by atoms with Gasteiger partial charge in [0, 0.05) is 18.8 Å². The van der Waals surface area contributed by atoms with Gasteiger partial charge < -0.3 is 10.1 Å². The standard InChI is InChI=1S/C17H16F2N4O2/c1-9-6-10(2)20-16-15(9)17(22-23(16)3)25-8-14(24)21-13-7-11(18)4-5-12(13)19/h4-7H,8H2,1-3H3,(H,21,24). The second kappa shape index (κ2) is 6.46. The Balaban J connectivity index is 1.77. The van der Waals surface area contributed by atoms with E-state index in [1.54, 1.807) is 11.7 Å². The number of ether oxygens (including phenoxy) is 1. The summed E-state index contributed by atoms with van der Waals surface area (Å²) in [4.78, 5) is 16.4. The highest BCUT2D eigenvalue weighted by Gasteiger charge is 2.16. The van der Waals surface area contributed by atoms with Crippen LogP contribution >= 0.6 is 0 Å². The van der Waals surface area contributed by atoms with E-state index in [2.05, 4.69) is 15.4 Å². The van der Waals surface area contributed by atoms with E-state index >= 15 is 0 Å². The zero-order valence-electron chi connectivity index (χ0n) is 13.9. The molecule has 0 unspecified atom stereocenters. The van der Waals surface area contributed by atoms with Crippen molar-refractivity contribution in [3.63, 3.8) is 0 Å². The van der Waals surface area contributed by atoms with Crippen LogP contribution in [0.3, 0.4) is 0 Å². The smallest absolute Gasteiger partial charge is 0.262 e. The Labute approximate surface area is 142 Å². The molecule has 0 aliphatic rings. The quantitative estimate of drug-likeness (QED) is 0.789. The number of hydrogen-bond donors (Lipinski definition) is 1. The van der Waals surface area contributed by atoms with Crippen molar-refractivity contribution in [3.05, 3.63) is 47.2 Å². The molecule has 25 heavy (non-hydrogen) atoms. The van der Waals surface area contributed by atoms with Crippen molar-refractivity contribution in [2.75, 3.05) is 11.9 Å². The van der Waals surface area contributed by atoms with Gasteiger partial charge in [-0.3, -0.25) is 4.79 Å². The summed E-state index contributed by atoms with van der Waals surface area (Å²) in [5.74, 6) is -1.74. The van der Waals surface area contributed by atoms with Crippen LogP contribution in [0.15, 0.2) is 24.3 Å². The molecule has 0 atom stereocenters. The van der Waals surface area contributed by atoms with E-state index in [-0.39, 0.29) is 11.6 Å². The van der Waals surface area contributed by atoms with Crippen molar-refractivity contribution in [2.24, 2.45) is 7.05 Å². The minimum absolute atomic E-state index is 0.243. The van der Waals surface area contributed by atoms with Crippen LogP contribution in [-0.2, 0) is 11.8 Å². The molecule has 3 aromatic rings. The molecule has 0 aliphatic heterocycles. The largest absolute Gasteiger partial charge is 0.466 e. The minimum atomic E-state index is -0.728. The lowest BCUT2D eigenvalue weighted by molar-refractivity contribution is -0.118. The predicted molar refractivity (Wildman–Crippen MR) is 88.5 cm³/mol. The van der Waals surface area contributed by atoms with Crippen LogP contribution in [0.2, 0.25) is 0 Å². The van der Waals surface area contributed by atoms with E-state index in [0.29, 0.717) is 11.0 Å². The fourth-order valence-electron chi connectivity index (χ4n) is 2.56. The lowest BCUT2D eigenvalue weighted by Gasteiger charge is -2.07. The molecule has 0 fully saturated rings. The first kappa shape index (κ1) is 16.8. The first-order chi connectivity index (χ1) is 11.8. The number of nitrogens with one attached hydrogen (secondary N) is 1. The van der Waals surface area contributed by atoms with Gasteiger partial charge in [0.1, 0.15) is 11.6 Å². The van der Waals surface area contributed by atoms with Crippen molar-refractivity contribution >= 4 is 22.6 Å². The molecule has 6 nitrogen and oxygen atoms in total. The minimum Gasteiger partial charge on any atom is -0.466 e. The van der Waals surface area contributed by atoms with Crippen LogP contribution < -0.4 is 10.1 Å². The zero-order chi connectivity index (χ0) is 18.1. The Morgan fingerprint density at radius 3 is 2.80 bits per heavy atom. The highest BCUT2D eigenvalue weighted by atomic mass is 19.1. The first-order valence-corrected chi connectivity index (χ1v) is 7.54. The van der Waals surface area contributed by atoms with E-state index in [1.165, 1.54) is 0 Å². The Hall–Kier alpha value is -3.03. The summed E-state index contributed by atoms with van der Waals surface area (Å²) < 4.78 is 33.7. The molecule has 2 aromatic heterocycles. The summed E-state index contributed by atoms with van der Waals surface area (Å²) >= 11 is 0. The molecule has 3 rings (SSSR count). The number of fused-ring (bicyclic) bond motifs is 1. The van der Waals surface area contributed by atoms with E-state index in [4.69, 9.17) is 4.74 Å². The van der Waals surface area contributed by atoms with E-state index in [9.17, 15) is 13.6 Å². The lowest BCUT2D eigenvalue weighted by Crippen LogP contribution is -2.21. The van der Waals surface area contributed by atoms with Crippen LogP contribution in [0.5, 0.6) is 5.88 Å². The third kappa shape index (κ3) is 3.42. The van der Waals surface area contributed by atoms with E-state index in [1.807, 2.05) is 19.9 Å². The summed E-state index contributed by atoms with van der Waals surface area (Å²) in [7, 11) is 1.73. The summed E-state index contributed by atoms with van der Waals surface area (Å²) in [6.07, 6.45) is 0. The van der Waals surface area contributed by atoms with Gasteiger partial charge in [0.25, 0.3) is 5.91 Å². The van der Waals surface area contributed by atoms with E-state index < -0.39 is 24.1 Å². The molecule has 0 saturated carbocycles. The Bertz CT molecular complexity index is 969. The van der Waals surface area contributed by atoms with Crippen molar-refractivity contribution in [3.8, 4) is 5.88 Å². The average Bonchev–Trinajstić information content (AvgIpc) is 2.85. The summed E-state index contributed by atoms with van der Waals surface area (Å²) in [6, 6.07) is 4.70. The number of anilines is 1. The van der Waals surface area contributed by atoms with Gasteiger partial charge in [-0.1, -0.05) is 0 Å². The number of aromatic nitrogens is 3. The molecule has 1 aromatic carbocycles. The van der Waals surface area contributed by atoms with E-state index in [0.717, 1.165) is 29.5 Å². The second-order valence-corrected chi connectivity index (χ2v) is 5.67. The maximum atomic E-state index is 13.5. The third-order valence-electron chi connectivity index (χ3n) is 3.63. The molecule has 1 amide bonds. The van der Waals surface area contributed by atoms with Crippen LogP contribution in [-0.4, -0.2) is 27.3 Å². The van der Waals surface area contributed by atoms with Crippen LogP contribution in [0.1, 0.15) is 11.3 Å². The van der Waals surface area contributed by atoms with Gasteiger partial charge in [-0.2, -0.15) is 0 Å². The molecule has 0 saturated heterocycles. The Morgan fingerprint density at radius 1 is 1.28 bits per heavy atom.